The first-order valence-corrected chi connectivity index (χ1v) is 11.2. The number of thiazole rings is 1. The Morgan fingerprint density at radius 3 is 2.72 bits per heavy atom. The third kappa shape index (κ3) is 3.16. The van der Waals surface area contributed by atoms with E-state index in [1.807, 2.05) is 52.6 Å². The number of thioether (sulfide) groups is 1. The standard InChI is InChI=1S/C22H18N4OS2/c1-2-25(17-12-7-9-15-8-3-4-10-16(15)17)20(27)14-28-21-23-24-22-26(21)18-11-5-6-13-19(18)29-22/h3-13H,2,14H2,1H3. The first-order valence-electron chi connectivity index (χ1n) is 9.40. The van der Waals surface area contributed by atoms with Crippen molar-refractivity contribution in [2.75, 3.05) is 17.2 Å². The van der Waals surface area contributed by atoms with E-state index in [1.54, 1.807) is 11.3 Å². The summed E-state index contributed by atoms with van der Waals surface area (Å²) in [5.41, 5.74) is 2.03. The van der Waals surface area contributed by atoms with E-state index in [1.165, 1.54) is 11.8 Å². The smallest absolute Gasteiger partial charge is 0.237 e. The molecule has 5 nitrogen and oxygen atoms in total. The topological polar surface area (TPSA) is 50.5 Å². The summed E-state index contributed by atoms with van der Waals surface area (Å²) in [4.78, 5) is 15.8. The van der Waals surface area contributed by atoms with Gasteiger partial charge in [-0.1, -0.05) is 71.6 Å². The normalized spacial score (nSPS) is 11.5. The van der Waals surface area contributed by atoms with E-state index in [0.717, 1.165) is 36.8 Å². The number of hydrogen-bond donors (Lipinski definition) is 0. The maximum absolute atomic E-state index is 13.1. The van der Waals surface area contributed by atoms with Crippen molar-refractivity contribution in [3.8, 4) is 0 Å². The number of rotatable bonds is 5. The molecule has 5 rings (SSSR count). The summed E-state index contributed by atoms with van der Waals surface area (Å²) in [5.74, 6) is 0.368. The summed E-state index contributed by atoms with van der Waals surface area (Å²) in [6, 6.07) is 22.4. The lowest BCUT2D eigenvalue weighted by atomic mass is 10.1. The zero-order valence-corrected chi connectivity index (χ0v) is 17.4. The fourth-order valence-corrected chi connectivity index (χ4v) is 5.42. The van der Waals surface area contributed by atoms with Gasteiger partial charge in [0.2, 0.25) is 10.9 Å². The van der Waals surface area contributed by atoms with Gasteiger partial charge in [-0.3, -0.25) is 9.20 Å². The van der Waals surface area contributed by atoms with Crippen LogP contribution >= 0.6 is 23.1 Å². The molecule has 3 aromatic carbocycles. The number of benzene rings is 3. The van der Waals surface area contributed by atoms with Crippen molar-refractivity contribution in [1.29, 1.82) is 0 Å². The molecule has 0 saturated carbocycles. The molecule has 0 spiro atoms. The monoisotopic (exact) mass is 418 g/mol. The molecule has 0 aliphatic heterocycles. The van der Waals surface area contributed by atoms with Crippen molar-refractivity contribution in [2.45, 2.75) is 12.1 Å². The highest BCUT2D eigenvalue weighted by Gasteiger charge is 2.19. The van der Waals surface area contributed by atoms with Crippen molar-refractivity contribution in [1.82, 2.24) is 14.6 Å². The van der Waals surface area contributed by atoms with Crippen LogP contribution in [-0.2, 0) is 4.79 Å². The summed E-state index contributed by atoms with van der Waals surface area (Å²) in [6.07, 6.45) is 0. The summed E-state index contributed by atoms with van der Waals surface area (Å²) in [6.45, 7) is 2.62. The Morgan fingerprint density at radius 2 is 1.83 bits per heavy atom. The largest absolute Gasteiger partial charge is 0.311 e. The minimum absolute atomic E-state index is 0.0603. The van der Waals surface area contributed by atoms with E-state index in [-0.39, 0.29) is 5.91 Å². The second kappa shape index (κ2) is 7.50. The van der Waals surface area contributed by atoms with Crippen LogP contribution in [-0.4, -0.2) is 32.8 Å². The lowest BCUT2D eigenvalue weighted by Gasteiger charge is -2.22. The molecular weight excluding hydrogens is 400 g/mol. The zero-order valence-electron chi connectivity index (χ0n) is 15.8. The van der Waals surface area contributed by atoms with E-state index in [2.05, 4.69) is 40.5 Å². The first-order chi connectivity index (χ1) is 14.3. The SMILES string of the molecule is CCN(C(=O)CSc1nnc2sc3ccccc3n12)c1cccc2ccccc12. The summed E-state index contributed by atoms with van der Waals surface area (Å²) >= 11 is 3.04. The van der Waals surface area contributed by atoms with E-state index in [0.29, 0.717) is 12.3 Å². The third-order valence-corrected chi connectivity index (χ3v) is 6.84. The van der Waals surface area contributed by atoms with Crippen molar-refractivity contribution >= 4 is 60.6 Å². The highest BCUT2D eigenvalue weighted by Crippen LogP contribution is 2.31. The Balaban J connectivity index is 1.43. The third-order valence-electron chi connectivity index (χ3n) is 4.91. The number of fused-ring (bicyclic) bond motifs is 4. The van der Waals surface area contributed by atoms with Crippen molar-refractivity contribution in [2.24, 2.45) is 0 Å². The zero-order chi connectivity index (χ0) is 19.8. The fraction of sp³-hybridized carbons (Fsp3) is 0.136. The molecule has 0 radical (unpaired) electrons. The van der Waals surface area contributed by atoms with Gasteiger partial charge in [-0.25, -0.2) is 0 Å². The summed E-state index contributed by atoms with van der Waals surface area (Å²) in [7, 11) is 0. The van der Waals surface area contributed by atoms with Crippen molar-refractivity contribution < 1.29 is 4.79 Å². The van der Waals surface area contributed by atoms with E-state index in [4.69, 9.17) is 0 Å². The molecule has 0 fully saturated rings. The van der Waals surface area contributed by atoms with Gasteiger partial charge < -0.3 is 4.90 Å². The molecule has 29 heavy (non-hydrogen) atoms. The molecule has 144 valence electrons. The average Bonchev–Trinajstić information content (AvgIpc) is 3.32. The van der Waals surface area contributed by atoms with Crippen LogP contribution < -0.4 is 4.90 Å². The van der Waals surface area contributed by atoms with Crippen LogP contribution in [0, 0.1) is 0 Å². The molecule has 0 N–H and O–H groups in total. The second-order valence-electron chi connectivity index (χ2n) is 6.60. The predicted molar refractivity (Wildman–Crippen MR) is 121 cm³/mol. The molecule has 2 heterocycles. The van der Waals surface area contributed by atoms with Crippen LogP contribution in [0.15, 0.2) is 71.9 Å². The number of hydrogen-bond acceptors (Lipinski definition) is 5. The predicted octanol–water partition coefficient (Wildman–Crippen LogP) is 5.24. The average molecular weight is 419 g/mol. The molecule has 7 heteroatoms. The molecule has 0 atom stereocenters. The van der Waals surface area contributed by atoms with Gasteiger partial charge in [-0.15, -0.1) is 10.2 Å². The molecule has 0 saturated heterocycles. The number of anilines is 1. The van der Waals surface area contributed by atoms with E-state index < -0.39 is 0 Å². The van der Waals surface area contributed by atoms with Gasteiger partial charge in [0.15, 0.2) is 5.16 Å². The lowest BCUT2D eigenvalue weighted by Crippen LogP contribution is -2.32. The molecule has 0 aliphatic rings. The van der Waals surface area contributed by atoms with Crippen LogP contribution in [0.1, 0.15) is 6.92 Å². The number of amides is 1. The molecular formula is C22H18N4OS2. The van der Waals surface area contributed by atoms with Crippen molar-refractivity contribution in [3.05, 3.63) is 66.7 Å². The van der Waals surface area contributed by atoms with Gasteiger partial charge in [-0.05, 0) is 30.5 Å². The van der Waals surface area contributed by atoms with Gasteiger partial charge in [0, 0.05) is 11.9 Å². The number of para-hydroxylation sites is 1. The molecule has 0 bridgehead atoms. The summed E-state index contributed by atoms with van der Waals surface area (Å²) < 4.78 is 3.20. The highest BCUT2D eigenvalue weighted by atomic mass is 32.2. The van der Waals surface area contributed by atoms with Crippen LogP contribution in [0.2, 0.25) is 0 Å². The fourth-order valence-electron chi connectivity index (χ4n) is 3.58. The van der Waals surface area contributed by atoms with Crippen LogP contribution in [0.4, 0.5) is 5.69 Å². The quantitative estimate of drug-likeness (QED) is 0.366. The van der Waals surface area contributed by atoms with Crippen molar-refractivity contribution in [3.63, 3.8) is 0 Å². The number of aromatic nitrogens is 3. The molecule has 2 aromatic heterocycles. The first kappa shape index (κ1) is 18.1. The van der Waals surface area contributed by atoms with Gasteiger partial charge in [0.05, 0.1) is 21.7 Å². The Morgan fingerprint density at radius 1 is 1.03 bits per heavy atom. The minimum Gasteiger partial charge on any atom is -0.311 e. The van der Waals surface area contributed by atoms with Gasteiger partial charge in [0.1, 0.15) is 0 Å². The Bertz CT molecular complexity index is 1340. The highest BCUT2D eigenvalue weighted by molar-refractivity contribution is 7.99. The van der Waals surface area contributed by atoms with Gasteiger partial charge in [0.25, 0.3) is 0 Å². The minimum atomic E-state index is 0.0603. The van der Waals surface area contributed by atoms with E-state index >= 15 is 0 Å². The maximum Gasteiger partial charge on any atom is 0.237 e. The van der Waals surface area contributed by atoms with Gasteiger partial charge in [-0.2, -0.15) is 0 Å². The molecule has 5 aromatic rings. The summed E-state index contributed by atoms with van der Waals surface area (Å²) in [5, 5.41) is 11.6. The second-order valence-corrected chi connectivity index (χ2v) is 8.55. The number of carbonyl (C=O) groups is 1. The van der Waals surface area contributed by atoms with E-state index in [9.17, 15) is 4.79 Å². The Labute approximate surface area is 176 Å². The lowest BCUT2D eigenvalue weighted by molar-refractivity contribution is -0.116. The Hall–Kier alpha value is -2.90. The molecule has 0 aliphatic carbocycles. The van der Waals surface area contributed by atoms with Crippen LogP contribution in [0.25, 0.3) is 25.9 Å². The molecule has 1 amide bonds. The number of nitrogens with zero attached hydrogens (tertiary/aromatic N) is 4. The number of carbonyl (C=O) groups excluding carboxylic acids is 1. The van der Waals surface area contributed by atoms with Crippen LogP contribution in [0.3, 0.4) is 0 Å². The van der Waals surface area contributed by atoms with Crippen LogP contribution in [0.5, 0.6) is 0 Å². The van der Waals surface area contributed by atoms with Gasteiger partial charge >= 0.3 is 0 Å². The molecule has 0 unspecified atom stereocenters. The maximum atomic E-state index is 13.1. The Kier molecular flexibility index (Phi) is 4.69.